The van der Waals surface area contributed by atoms with E-state index in [0.29, 0.717) is 25.4 Å². The Bertz CT molecular complexity index is 1130. The highest BCUT2D eigenvalue weighted by atomic mass is 32.1. The molecule has 0 bridgehead atoms. The fourth-order valence-electron chi connectivity index (χ4n) is 4.42. The Kier molecular flexibility index (Phi) is 6.28. The van der Waals surface area contributed by atoms with E-state index in [1.54, 1.807) is 0 Å². The number of aryl methyl sites for hydroxylation is 1. The van der Waals surface area contributed by atoms with Gasteiger partial charge in [0.25, 0.3) is 5.91 Å². The Balaban J connectivity index is 1.23. The summed E-state index contributed by atoms with van der Waals surface area (Å²) in [5, 5.41) is 2.72. The molecule has 6 nitrogen and oxygen atoms in total. The van der Waals surface area contributed by atoms with Crippen molar-refractivity contribution < 1.29 is 13.9 Å². The molecule has 33 heavy (non-hydrogen) atoms. The number of fused-ring (bicyclic) bond motifs is 1. The van der Waals surface area contributed by atoms with Crippen LogP contribution in [0.4, 0.5) is 10.1 Å². The van der Waals surface area contributed by atoms with Crippen molar-refractivity contribution in [2.75, 3.05) is 44.2 Å². The topological polar surface area (TPSA) is 48.9 Å². The largest absolute Gasteiger partial charge is 0.491 e. The zero-order valence-corrected chi connectivity index (χ0v) is 19.5. The van der Waals surface area contributed by atoms with E-state index in [2.05, 4.69) is 26.9 Å². The molecule has 0 atom stereocenters. The number of thiazole rings is 1. The van der Waals surface area contributed by atoms with Gasteiger partial charge in [-0.05, 0) is 48.9 Å². The van der Waals surface area contributed by atoms with Crippen molar-refractivity contribution in [3.8, 4) is 5.75 Å². The lowest BCUT2D eigenvalue weighted by Gasteiger charge is -2.36. The molecule has 2 aromatic carbocycles. The summed E-state index contributed by atoms with van der Waals surface area (Å²) >= 11 is 1.49. The summed E-state index contributed by atoms with van der Waals surface area (Å²) in [5.41, 5.74) is 3.83. The molecule has 1 amide bonds. The molecule has 1 saturated heterocycles. The minimum absolute atomic E-state index is 0.0434. The molecule has 2 aliphatic heterocycles. The number of amides is 1. The van der Waals surface area contributed by atoms with E-state index < -0.39 is 0 Å². The maximum atomic E-state index is 13.2. The van der Waals surface area contributed by atoms with Gasteiger partial charge in [0.15, 0.2) is 0 Å². The van der Waals surface area contributed by atoms with E-state index in [1.807, 2.05) is 35.4 Å². The van der Waals surface area contributed by atoms with Crippen LogP contribution >= 0.6 is 11.3 Å². The molecule has 0 saturated carbocycles. The zero-order valence-electron chi connectivity index (χ0n) is 18.7. The van der Waals surface area contributed by atoms with Gasteiger partial charge in [0, 0.05) is 55.9 Å². The number of hydrogen-bond acceptors (Lipinski definition) is 6. The third kappa shape index (κ3) is 5.02. The molecule has 5 rings (SSSR count). The van der Waals surface area contributed by atoms with Gasteiger partial charge in [0.05, 0.1) is 11.6 Å². The van der Waals surface area contributed by atoms with Crippen LogP contribution in [0.5, 0.6) is 5.75 Å². The van der Waals surface area contributed by atoms with Crippen LogP contribution in [0.3, 0.4) is 0 Å². The van der Waals surface area contributed by atoms with Crippen LogP contribution in [-0.2, 0) is 13.1 Å². The van der Waals surface area contributed by atoms with E-state index in [1.165, 1.54) is 29.0 Å². The maximum Gasteiger partial charge on any atom is 0.273 e. The number of halogens is 1. The molecule has 0 unspecified atom stereocenters. The fourth-order valence-corrected chi connectivity index (χ4v) is 5.00. The van der Waals surface area contributed by atoms with E-state index in [9.17, 15) is 9.18 Å². The highest BCUT2D eigenvalue weighted by molar-refractivity contribution is 7.09. The number of carbonyl (C=O) groups excluding carboxylic acids is 1. The first-order valence-electron chi connectivity index (χ1n) is 11.2. The number of anilines is 1. The Morgan fingerprint density at radius 3 is 2.61 bits per heavy atom. The molecule has 172 valence electrons. The SMILES string of the molecule is Cc1nc(C(=O)N2CCOc3ccc(CN4CCN(c5ccc(F)cc5)CC4)cc3C2)cs1. The Morgan fingerprint density at radius 2 is 1.88 bits per heavy atom. The quantitative estimate of drug-likeness (QED) is 0.583. The molecule has 0 spiro atoms. The van der Waals surface area contributed by atoms with Crippen LogP contribution in [0.15, 0.2) is 47.8 Å². The summed E-state index contributed by atoms with van der Waals surface area (Å²) in [6.07, 6.45) is 0. The third-order valence-electron chi connectivity index (χ3n) is 6.20. The van der Waals surface area contributed by atoms with Crippen LogP contribution in [0, 0.1) is 12.7 Å². The van der Waals surface area contributed by atoms with Gasteiger partial charge in [-0.1, -0.05) is 6.07 Å². The van der Waals surface area contributed by atoms with Gasteiger partial charge in [-0.3, -0.25) is 9.69 Å². The van der Waals surface area contributed by atoms with Crippen LogP contribution in [0.1, 0.15) is 26.6 Å². The summed E-state index contributed by atoms with van der Waals surface area (Å²) in [6.45, 7) is 8.02. The molecule has 0 N–H and O–H groups in total. The van der Waals surface area contributed by atoms with Crippen molar-refractivity contribution in [3.05, 3.63) is 75.5 Å². The first kappa shape index (κ1) is 21.9. The van der Waals surface area contributed by atoms with Gasteiger partial charge < -0.3 is 14.5 Å². The standard InChI is InChI=1S/C25H27FN4O2S/c1-18-27-23(17-33-18)25(31)30-12-13-32-24-7-2-19(14-20(24)16-30)15-28-8-10-29(11-9-28)22-5-3-21(26)4-6-22/h2-7,14,17H,8-13,15-16H2,1H3. The van der Waals surface area contributed by atoms with Gasteiger partial charge >= 0.3 is 0 Å². The third-order valence-corrected chi connectivity index (χ3v) is 6.97. The average molecular weight is 467 g/mol. The lowest BCUT2D eigenvalue weighted by Crippen LogP contribution is -2.45. The molecule has 0 radical (unpaired) electrons. The number of hydrogen-bond donors (Lipinski definition) is 0. The van der Waals surface area contributed by atoms with E-state index in [-0.39, 0.29) is 11.7 Å². The van der Waals surface area contributed by atoms with Crippen LogP contribution in [0.25, 0.3) is 0 Å². The van der Waals surface area contributed by atoms with Gasteiger partial charge in [0.1, 0.15) is 23.9 Å². The molecule has 8 heteroatoms. The minimum atomic E-state index is -0.202. The first-order valence-corrected chi connectivity index (χ1v) is 12.1. The number of nitrogens with zero attached hydrogens (tertiary/aromatic N) is 4. The van der Waals surface area contributed by atoms with Gasteiger partial charge in [0.2, 0.25) is 0 Å². The number of rotatable bonds is 4. The highest BCUT2D eigenvalue weighted by Gasteiger charge is 2.24. The molecule has 3 aromatic rings. The molecule has 0 aliphatic carbocycles. The summed E-state index contributed by atoms with van der Waals surface area (Å²) in [6, 6.07) is 13.0. The molecular formula is C25H27FN4O2S. The first-order chi connectivity index (χ1) is 16.0. The maximum absolute atomic E-state index is 13.2. The Hall–Kier alpha value is -2.97. The smallest absolute Gasteiger partial charge is 0.273 e. The van der Waals surface area contributed by atoms with Crippen molar-refractivity contribution in [1.29, 1.82) is 0 Å². The molecule has 1 aromatic heterocycles. The average Bonchev–Trinajstić information content (AvgIpc) is 3.15. The summed E-state index contributed by atoms with van der Waals surface area (Å²) < 4.78 is 19.1. The predicted molar refractivity (Wildman–Crippen MR) is 127 cm³/mol. The number of ether oxygens (including phenoxy) is 1. The van der Waals surface area contributed by atoms with Crippen molar-refractivity contribution in [3.63, 3.8) is 0 Å². The highest BCUT2D eigenvalue weighted by Crippen LogP contribution is 2.26. The number of aromatic nitrogens is 1. The van der Waals surface area contributed by atoms with Crippen molar-refractivity contribution in [1.82, 2.24) is 14.8 Å². The summed E-state index contributed by atoms with van der Waals surface area (Å²) in [7, 11) is 0. The summed E-state index contributed by atoms with van der Waals surface area (Å²) in [4.78, 5) is 23.8. The van der Waals surface area contributed by atoms with E-state index in [0.717, 1.165) is 54.7 Å². The molecule has 2 aliphatic rings. The Labute approximate surface area is 197 Å². The number of benzene rings is 2. The van der Waals surface area contributed by atoms with Crippen molar-refractivity contribution in [2.24, 2.45) is 0 Å². The van der Waals surface area contributed by atoms with E-state index in [4.69, 9.17) is 4.74 Å². The zero-order chi connectivity index (χ0) is 22.8. The number of piperazine rings is 1. The van der Waals surface area contributed by atoms with Gasteiger partial charge in [-0.25, -0.2) is 9.37 Å². The van der Waals surface area contributed by atoms with E-state index >= 15 is 0 Å². The van der Waals surface area contributed by atoms with Crippen LogP contribution < -0.4 is 9.64 Å². The fraction of sp³-hybridized carbons (Fsp3) is 0.360. The lowest BCUT2D eigenvalue weighted by molar-refractivity contribution is 0.0728. The molecular weight excluding hydrogens is 439 g/mol. The van der Waals surface area contributed by atoms with Crippen LogP contribution in [-0.4, -0.2) is 60.0 Å². The van der Waals surface area contributed by atoms with Crippen LogP contribution in [0.2, 0.25) is 0 Å². The monoisotopic (exact) mass is 466 g/mol. The van der Waals surface area contributed by atoms with Gasteiger partial charge in [-0.15, -0.1) is 11.3 Å². The molecule has 3 heterocycles. The Morgan fingerprint density at radius 1 is 1.09 bits per heavy atom. The summed E-state index contributed by atoms with van der Waals surface area (Å²) in [5.74, 6) is 0.606. The minimum Gasteiger partial charge on any atom is -0.491 e. The second-order valence-electron chi connectivity index (χ2n) is 8.51. The lowest BCUT2D eigenvalue weighted by atomic mass is 10.1. The number of carbonyl (C=O) groups is 1. The normalized spacial score (nSPS) is 16.8. The second-order valence-corrected chi connectivity index (χ2v) is 9.57. The van der Waals surface area contributed by atoms with Crippen molar-refractivity contribution >= 4 is 22.9 Å². The predicted octanol–water partition coefficient (Wildman–Crippen LogP) is 3.95. The second kappa shape index (κ2) is 9.49. The van der Waals surface area contributed by atoms with Gasteiger partial charge in [-0.2, -0.15) is 0 Å². The molecule has 1 fully saturated rings. The van der Waals surface area contributed by atoms with Crippen molar-refractivity contribution in [2.45, 2.75) is 20.0 Å².